The Bertz CT molecular complexity index is 1040. The predicted molar refractivity (Wildman–Crippen MR) is 95.6 cm³/mol. The van der Waals surface area contributed by atoms with E-state index in [0.717, 1.165) is 48.1 Å². The number of pyridine rings is 1. The average Bonchev–Trinajstić information content (AvgIpc) is 3.12. The van der Waals surface area contributed by atoms with Gasteiger partial charge in [-0.25, -0.2) is 15.4 Å². The third-order valence-corrected chi connectivity index (χ3v) is 5.47. The van der Waals surface area contributed by atoms with Crippen LogP contribution in [-0.4, -0.2) is 14.5 Å². The number of anilines is 1. The van der Waals surface area contributed by atoms with E-state index in [1.807, 2.05) is 25.1 Å². The molecule has 2 N–H and O–H groups in total. The van der Waals surface area contributed by atoms with Gasteiger partial charge in [0, 0.05) is 11.6 Å². The molecule has 3 heterocycles. The van der Waals surface area contributed by atoms with Crippen molar-refractivity contribution in [3.8, 4) is 5.69 Å². The number of benzene rings is 1. The van der Waals surface area contributed by atoms with Crippen LogP contribution in [0.2, 0.25) is 0 Å². The number of imidazole rings is 1. The zero-order chi connectivity index (χ0) is 18.8. The highest BCUT2D eigenvalue weighted by Gasteiger charge is 2.34. The zero-order valence-electron chi connectivity index (χ0n) is 14.6. The van der Waals surface area contributed by atoms with Crippen molar-refractivity contribution in [3.05, 3.63) is 47.4 Å². The summed E-state index contributed by atoms with van der Waals surface area (Å²) in [6, 6.07) is 8.37. The summed E-state index contributed by atoms with van der Waals surface area (Å²) in [4.78, 5) is 8.59. The Morgan fingerprint density at radius 3 is 2.63 bits per heavy atom. The maximum atomic E-state index is 13.2. The third kappa shape index (κ3) is 2.58. The minimum absolute atomic E-state index is 0.112. The molecule has 27 heavy (non-hydrogen) atoms. The molecule has 2 aromatic heterocycles. The minimum atomic E-state index is -4.49. The van der Waals surface area contributed by atoms with Crippen molar-refractivity contribution in [2.24, 2.45) is 0 Å². The predicted octanol–water partition coefficient (Wildman–Crippen LogP) is 4.70. The second-order valence-electron chi connectivity index (χ2n) is 7.23. The van der Waals surface area contributed by atoms with Gasteiger partial charge in [-0.1, -0.05) is 6.42 Å². The molecule has 1 fully saturated rings. The Kier molecular flexibility index (Phi) is 3.49. The lowest BCUT2D eigenvalue weighted by Gasteiger charge is -2.25. The number of halogens is 3. The topological polar surface area (TPSA) is 54.8 Å². The number of hydrazine groups is 1. The standard InChI is InChI=1S/C19H18F3N5/c1-10-13-9-12(5-6-14(13)26-25-10)27-17(11-3-2-4-11)23-15-7-8-16(19(20,21)22)24-18(15)27/h5-11,25-26H,2-4H2,1H3. The first-order valence-electron chi connectivity index (χ1n) is 9.04. The molecule has 2 aliphatic rings. The molecular weight excluding hydrogens is 355 g/mol. The molecule has 8 heteroatoms. The van der Waals surface area contributed by atoms with Crippen LogP contribution in [0.4, 0.5) is 18.9 Å². The number of nitrogens with one attached hydrogen (secondary N) is 2. The molecule has 0 radical (unpaired) electrons. The number of nitrogens with zero attached hydrogens (tertiary/aromatic N) is 3. The maximum absolute atomic E-state index is 13.2. The third-order valence-electron chi connectivity index (χ3n) is 5.47. The van der Waals surface area contributed by atoms with Crippen molar-refractivity contribution < 1.29 is 13.2 Å². The number of hydrogen-bond donors (Lipinski definition) is 2. The second kappa shape index (κ2) is 5.69. The van der Waals surface area contributed by atoms with Crippen LogP contribution in [0.25, 0.3) is 16.9 Å². The van der Waals surface area contributed by atoms with Gasteiger partial charge >= 0.3 is 6.18 Å². The molecule has 3 aromatic rings. The quantitative estimate of drug-likeness (QED) is 0.684. The Labute approximate surface area is 153 Å². The number of alkyl halides is 3. The Morgan fingerprint density at radius 2 is 1.93 bits per heavy atom. The monoisotopic (exact) mass is 373 g/mol. The number of fused-ring (bicyclic) bond motifs is 2. The van der Waals surface area contributed by atoms with Gasteiger partial charge in [-0.05, 0) is 55.7 Å². The molecule has 140 valence electrons. The van der Waals surface area contributed by atoms with Crippen LogP contribution in [0.5, 0.6) is 0 Å². The van der Waals surface area contributed by atoms with E-state index in [2.05, 4.69) is 20.8 Å². The fourth-order valence-electron chi connectivity index (χ4n) is 3.75. The summed E-state index contributed by atoms with van der Waals surface area (Å²) in [5.74, 6) is 1.06. The lowest BCUT2D eigenvalue weighted by atomic mass is 9.85. The van der Waals surface area contributed by atoms with Crippen LogP contribution in [0.1, 0.15) is 55.2 Å². The average molecular weight is 373 g/mol. The van der Waals surface area contributed by atoms with Crippen molar-refractivity contribution in [1.29, 1.82) is 0 Å². The highest BCUT2D eigenvalue weighted by Crippen LogP contribution is 2.40. The molecule has 0 saturated heterocycles. The van der Waals surface area contributed by atoms with Crippen molar-refractivity contribution in [3.63, 3.8) is 0 Å². The van der Waals surface area contributed by atoms with Crippen LogP contribution in [0, 0.1) is 0 Å². The molecule has 5 rings (SSSR count). The van der Waals surface area contributed by atoms with Gasteiger partial charge in [0.15, 0.2) is 5.65 Å². The van der Waals surface area contributed by atoms with Crippen molar-refractivity contribution in [2.75, 3.05) is 5.43 Å². The normalized spacial score (nSPS) is 19.8. The summed E-state index contributed by atoms with van der Waals surface area (Å²) in [5, 5.41) is 0. The van der Waals surface area contributed by atoms with E-state index in [-0.39, 0.29) is 17.6 Å². The Hall–Kier alpha value is -2.61. The van der Waals surface area contributed by atoms with E-state index in [1.54, 1.807) is 4.57 Å². The van der Waals surface area contributed by atoms with Gasteiger partial charge in [0.25, 0.3) is 0 Å². The molecule has 1 unspecified atom stereocenters. The van der Waals surface area contributed by atoms with Gasteiger partial charge in [-0.15, -0.1) is 0 Å². The van der Waals surface area contributed by atoms with Gasteiger partial charge in [0.05, 0.1) is 11.7 Å². The van der Waals surface area contributed by atoms with Crippen LogP contribution < -0.4 is 10.9 Å². The fourth-order valence-corrected chi connectivity index (χ4v) is 3.75. The largest absolute Gasteiger partial charge is 0.433 e. The maximum Gasteiger partial charge on any atom is 0.433 e. The number of aromatic nitrogens is 3. The molecule has 1 saturated carbocycles. The molecular formula is C19H18F3N5. The number of rotatable bonds is 2. The summed E-state index contributed by atoms with van der Waals surface area (Å²) in [6.07, 6.45) is -1.37. The highest BCUT2D eigenvalue weighted by atomic mass is 19.4. The fraction of sp³-hybridized carbons (Fsp3) is 0.368. The summed E-state index contributed by atoms with van der Waals surface area (Å²) < 4.78 is 41.5. The van der Waals surface area contributed by atoms with Crippen LogP contribution in [0.15, 0.2) is 30.3 Å². The van der Waals surface area contributed by atoms with Crippen molar-refractivity contribution in [2.45, 2.75) is 44.3 Å². The molecule has 0 bridgehead atoms. The van der Waals surface area contributed by atoms with Crippen LogP contribution in [-0.2, 0) is 6.18 Å². The van der Waals surface area contributed by atoms with Gasteiger partial charge in [0.1, 0.15) is 17.0 Å². The first-order valence-corrected chi connectivity index (χ1v) is 9.04. The molecule has 0 spiro atoms. The SMILES string of the molecule is CC1NNc2ccc(-n3c(C4CCC4)nc4ccc(C(F)(F)F)nc43)cc21. The smallest absolute Gasteiger partial charge is 0.321 e. The molecule has 1 aromatic carbocycles. The first-order chi connectivity index (χ1) is 12.9. The lowest BCUT2D eigenvalue weighted by molar-refractivity contribution is -0.141. The summed E-state index contributed by atoms with van der Waals surface area (Å²) in [6.45, 7) is 2.03. The summed E-state index contributed by atoms with van der Waals surface area (Å²) in [7, 11) is 0. The molecule has 5 nitrogen and oxygen atoms in total. The van der Waals surface area contributed by atoms with Gasteiger partial charge in [-0.2, -0.15) is 13.2 Å². The van der Waals surface area contributed by atoms with Gasteiger partial charge in [0.2, 0.25) is 0 Å². The zero-order valence-corrected chi connectivity index (χ0v) is 14.6. The van der Waals surface area contributed by atoms with E-state index in [4.69, 9.17) is 0 Å². The van der Waals surface area contributed by atoms with E-state index in [0.29, 0.717) is 5.52 Å². The summed E-state index contributed by atoms with van der Waals surface area (Å²) in [5.41, 5.74) is 8.96. The highest BCUT2D eigenvalue weighted by molar-refractivity contribution is 5.75. The van der Waals surface area contributed by atoms with E-state index in [9.17, 15) is 13.2 Å². The number of hydrogen-bond acceptors (Lipinski definition) is 4. The summed E-state index contributed by atoms with van der Waals surface area (Å²) >= 11 is 0. The van der Waals surface area contributed by atoms with Crippen LogP contribution in [0.3, 0.4) is 0 Å². The molecule has 1 atom stereocenters. The van der Waals surface area contributed by atoms with Crippen molar-refractivity contribution >= 4 is 16.9 Å². The van der Waals surface area contributed by atoms with Crippen molar-refractivity contribution in [1.82, 2.24) is 20.0 Å². The van der Waals surface area contributed by atoms with E-state index < -0.39 is 11.9 Å². The first kappa shape index (κ1) is 16.6. The minimum Gasteiger partial charge on any atom is -0.321 e. The second-order valence-corrected chi connectivity index (χ2v) is 7.23. The lowest BCUT2D eigenvalue weighted by Crippen LogP contribution is -2.16. The van der Waals surface area contributed by atoms with Gasteiger partial charge < -0.3 is 5.43 Å². The van der Waals surface area contributed by atoms with E-state index >= 15 is 0 Å². The Balaban J connectivity index is 1.74. The van der Waals surface area contributed by atoms with E-state index in [1.165, 1.54) is 6.07 Å². The molecule has 0 amide bonds. The van der Waals surface area contributed by atoms with Crippen LogP contribution >= 0.6 is 0 Å². The Morgan fingerprint density at radius 1 is 1.11 bits per heavy atom. The van der Waals surface area contributed by atoms with Gasteiger partial charge in [-0.3, -0.25) is 4.57 Å². The molecule has 1 aliphatic carbocycles. The molecule has 1 aliphatic heterocycles.